The number of thioether (sulfide) groups is 1. The summed E-state index contributed by atoms with van der Waals surface area (Å²) in [6.07, 6.45) is 3.43. The van der Waals surface area contributed by atoms with Crippen molar-refractivity contribution >= 4 is 57.8 Å². The first-order valence-corrected chi connectivity index (χ1v) is 15.0. The van der Waals surface area contributed by atoms with E-state index in [1.807, 2.05) is 36.4 Å². The van der Waals surface area contributed by atoms with Crippen LogP contribution in [0.1, 0.15) is 22.8 Å². The van der Waals surface area contributed by atoms with Crippen LogP contribution in [-0.2, 0) is 9.59 Å². The quantitative estimate of drug-likeness (QED) is 0.0962. The van der Waals surface area contributed by atoms with Crippen LogP contribution in [0, 0.1) is 0 Å². The number of fused-ring (bicyclic) bond motifs is 1. The molecule has 228 valence electrons. The van der Waals surface area contributed by atoms with E-state index in [4.69, 9.17) is 9.47 Å². The monoisotopic (exact) mass is 620 g/mol. The Morgan fingerprint density at radius 1 is 0.844 bits per heavy atom. The fourth-order valence-corrected chi connectivity index (χ4v) is 5.49. The third-order valence-electron chi connectivity index (χ3n) is 6.89. The van der Waals surface area contributed by atoms with Gasteiger partial charge in [-0.1, -0.05) is 42.5 Å². The van der Waals surface area contributed by atoms with Gasteiger partial charge in [-0.05, 0) is 61.5 Å². The molecule has 0 radical (unpaired) electrons. The summed E-state index contributed by atoms with van der Waals surface area (Å²) in [5.41, 5.74) is 3.17. The molecule has 10 heteroatoms. The highest BCUT2D eigenvalue weighted by molar-refractivity contribution is 8.00. The van der Waals surface area contributed by atoms with Crippen LogP contribution in [-0.4, -0.2) is 42.2 Å². The van der Waals surface area contributed by atoms with E-state index in [0.29, 0.717) is 28.4 Å². The lowest BCUT2D eigenvalue weighted by atomic mass is 10.1. The average molecular weight is 621 g/mol. The lowest BCUT2D eigenvalue weighted by Crippen LogP contribution is -2.30. The van der Waals surface area contributed by atoms with Gasteiger partial charge in [0.05, 0.1) is 25.2 Å². The molecule has 1 unspecified atom stereocenters. The molecule has 1 heterocycles. The molecule has 0 aliphatic heterocycles. The number of benzene rings is 4. The average Bonchev–Trinajstić information content (AvgIpc) is 3.47. The molecule has 9 nitrogen and oxygen atoms in total. The second-order valence-corrected chi connectivity index (χ2v) is 11.4. The Morgan fingerprint density at radius 2 is 1.62 bits per heavy atom. The van der Waals surface area contributed by atoms with E-state index in [9.17, 15) is 14.4 Å². The third-order valence-corrected chi connectivity index (χ3v) is 7.98. The number of ether oxygens (including phenoxy) is 2. The normalized spacial score (nSPS) is 11.8. The zero-order chi connectivity index (χ0) is 31.8. The fourth-order valence-electron chi connectivity index (χ4n) is 4.56. The molecule has 5 aromatic rings. The maximum absolute atomic E-state index is 13.6. The minimum absolute atomic E-state index is 0.0756. The van der Waals surface area contributed by atoms with Gasteiger partial charge in [-0.25, -0.2) is 0 Å². The van der Waals surface area contributed by atoms with E-state index < -0.39 is 17.1 Å². The van der Waals surface area contributed by atoms with Crippen molar-refractivity contribution in [3.05, 3.63) is 120 Å². The molecule has 0 aliphatic carbocycles. The molecule has 3 amide bonds. The standard InChI is InChI=1S/C35H32N4O5S/c1-22(33(40)38-30-20-26(43-2)16-17-32(30)44-3)45-27-13-9-12-25(19-27)37-35(42)31(39-34(41)23-10-5-4-6-11-23)18-24-21-36-29-15-8-7-14-28(24)29/h4-22,36H,1-3H3,(H,37,42)(H,38,40)(H,39,41)/b31-18-. The number of hydrogen-bond acceptors (Lipinski definition) is 6. The van der Waals surface area contributed by atoms with E-state index in [1.54, 1.807) is 87.0 Å². The number of aromatic amines is 1. The number of amides is 3. The number of nitrogens with one attached hydrogen (secondary N) is 4. The molecular formula is C35H32N4O5S. The number of H-pyrrole nitrogens is 1. The fraction of sp³-hybridized carbons (Fsp3) is 0.114. The summed E-state index contributed by atoms with van der Waals surface area (Å²) in [6, 6.07) is 28.7. The van der Waals surface area contributed by atoms with Crippen LogP contribution in [0.15, 0.2) is 114 Å². The second-order valence-electron chi connectivity index (χ2n) is 9.97. The summed E-state index contributed by atoms with van der Waals surface area (Å²) in [4.78, 5) is 43.7. The molecule has 0 spiro atoms. The van der Waals surface area contributed by atoms with Gasteiger partial charge >= 0.3 is 0 Å². The van der Waals surface area contributed by atoms with Gasteiger partial charge in [-0.3, -0.25) is 14.4 Å². The van der Waals surface area contributed by atoms with Gasteiger partial charge in [0.15, 0.2) is 0 Å². The molecular weight excluding hydrogens is 588 g/mol. The number of carbonyl (C=O) groups is 3. The van der Waals surface area contributed by atoms with Crippen molar-refractivity contribution in [1.82, 2.24) is 10.3 Å². The summed E-state index contributed by atoms with van der Waals surface area (Å²) >= 11 is 1.33. The molecule has 45 heavy (non-hydrogen) atoms. The largest absolute Gasteiger partial charge is 0.497 e. The highest BCUT2D eigenvalue weighted by Crippen LogP contribution is 2.31. The van der Waals surface area contributed by atoms with E-state index in [1.165, 1.54) is 18.9 Å². The third kappa shape index (κ3) is 7.73. The molecule has 0 saturated heterocycles. The van der Waals surface area contributed by atoms with Gasteiger partial charge in [-0.15, -0.1) is 11.8 Å². The van der Waals surface area contributed by atoms with E-state index in [-0.39, 0.29) is 11.6 Å². The molecule has 4 aromatic carbocycles. The number of rotatable bonds is 11. The molecule has 0 fully saturated rings. The van der Waals surface area contributed by atoms with Crippen LogP contribution in [0.25, 0.3) is 17.0 Å². The molecule has 0 saturated carbocycles. The highest BCUT2D eigenvalue weighted by Gasteiger charge is 2.19. The van der Waals surface area contributed by atoms with Crippen molar-refractivity contribution in [2.24, 2.45) is 0 Å². The van der Waals surface area contributed by atoms with Crippen molar-refractivity contribution in [2.75, 3.05) is 24.9 Å². The van der Waals surface area contributed by atoms with Gasteiger partial charge in [0, 0.05) is 44.9 Å². The van der Waals surface area contributed by atoms with E-state index in [0.717, 1.165) is 21.4 Å². The Bertz CT molecular complexity index is 1870. The van der Waals surface area contributed by atoms with Crippen molar-refractivity contribution in [3.8, 4) is 11.5 Å². The van der Waals surface area contributed by atoms with Crippen LogP contribution >= 0.6 is 11.8 Å². The number of methoxy groups -OCH3 is 2. The summed E-state index contributed by atoms with van der Waals surface area (Å²) in [7, 11) is 3.08. The second kappa shape index (κ2) is 14.3. The number of para-hydroxylation sites is 1. The van der Waals surface area contributed by atoms with Gasteiger partial charge < -0.3 is 30.4 Å². The lowest BCUT2D eigenvalue weighted by molar-refractivity contribution is -0.115. The van der Waals surface area contributed by atoms with E-state index >= 15 is 0 Å². The predicted molar refractivity (Wildman–Crippen MR) is 179 cm³/mol. The topological polar surface area (TPSA) is 122 Å². The Labute approximate surface area is 265 Å². The van der Waals surface area contributed by atoms with Crippen LogP contribution in [0.4, 0.5) is 11.4 Å². The highest BCUT2D eigenvalue weighted by atomic mass is 32.2. The van der Waals surface area contributed by atoms with Crippen LogP contribution in [0.2, 0.25) is 0 Å². The van der Waals surface area contributed by atoms with Crippen molar-refractivity contribution in [3.63, 3.8) is 0 Å². The van der Waals surface area contributed by atoms with Crippen molar-refractivity contribution in [2.45, 2.75) is 17.1 Å². The number of hydrogen-bond donors (Lipinski definition) is 4. The minimum Gasteiger partial charge on any atom is -0.497 e. The first-order valence-electron chi connectivity index (χ1n) is 14.1. The number of aromatic nitrogens is 1. The molecule has 4 N–H and O–H groups in total. The molecule has 5 rings (SSSR count). The Balaban J connectivity index is 1.32. The van der Waals surface area contributed by atoms with Crippen LogP contribution < -0.4 is 25.4 Å². The van der Waals surface area contributed by atoms with E-state index in [2.05, 4.69) is 20.9 Å². The van der Waals surface area contributed by atoms with Gasteiger partial charge in [0.2, 0.25) is 5.91 Å². The lowest BCUT2D eigenvalue weighted by Gasteiger charge is -2.16. The zero-order valence-electron chi connectivity index (χ0n) is 24.9. The minimum atomic E-state index is -0.498. The van der Waals surface area contributed by atoms with Crippen LogP contribution in [0.5, 0.6) is 11.5 Å². The number of anilines is 2. The maximum atomic E-state index is 13.6. The molecule has 0 aliphatic rings. The first-order chi connectivity index (χ1) is 21.8. The van der Waals surface area contributed by atoms with Crippen molar-refractivity contribution in [1.29, 1.82) is 0 Å². The predicted octanol–water partition coefficient (Wildman–Crippen LogP) is 6.71. The summed E-state index contributed by atoms with van der Waals surface area (Å²) in [6.45, 7) is 1.79. The first kappa shape index (κ1) is 31.0. The summed E-state index contributed by atoms with van der Waals surface area (Å²) < 4.78 is 10.6. The number of carbonyl (C=O) groups excluding carboxylic acids is 3. The van der Waals surface area contributed by atoms with Crippen LogP contribution in [0.3, 0.4) is 0 Å². The Hall–Kier alpha value is -5.48. The zero-order valence-corrected chi connectivity index (χ0v) is 25.7. The summed E-state index contributed by atoms with van der Waals surface area (Å²) in [5.74, 6) is -0.0281. The van der Waals surface area contributed by atoms with Gasteiger partial charge in [-0.2, -0.15) is 0 Å². The summed E-state index contributed by atoms with van der Waals surface area (Å²) in [5, 5.41) is 9.00. The molecule has 1 aromatic heterocycles. The van der Waals surface area contributed by atoms with Gasteiger partial charge in [0.1, 0.15) is 17.2 Å². The molecule has 1 atom stereocenters. The van der Waals surface area contributed by atoms with Gasteiger partial charge in [0.25, 0.3) is 11.8 Å². The molecule has 0 bridgehead atoms. The van der Waals surface area contributed by atoms with Crippen molar-refractivity contribution < 1.29 is 23.9 Å². The maximum Gasteiger partial charge on any atom is 0.272 e. The smallest absolute Gasteiger partial charge is 0.272 e. The SMILES string of the molecule is COc1ccc(OC)c(NC(=O)C(C)Sc2cccc(NC(=O)/C(=C/c3c[nH]c4ccccc34)NC(=O)c3ccccc3)c2)c1. The Morgan fingerprint density at radius 3 is 2.40 bits per heavy atom. The Kier molecular flexibility index (Phi) is 9.86.